The number of ether oxygens (including phenoxy) is 1. The fourth-order valence-corrected chi connectivity index (χ4v) is 2.07. The monoisotopic (exact) mass is 241 g/mol. The fourth-order valence-electron chi connectivity index (χ4n) is 2.07. The Morgan fingerprint density at radius 1 is 1.00 bits per heavy atom. The topological polar surface area (TPSA) is 35.2 Å². The van der Waals surface area contributed by atoms with Gasteiger partial charge in [-0.05, 0) is 48.2 Å². The van der Waals surface area contributed by atoms with E-state index in [4.69, 9.17) is 10.5 Å². The molecule has 2 N–H and O–H groups in total. The van der Waals surface area contributed by atoms with Crippen molar-refractivity contribution in [2.45, 2.75) is 26.7 Å². The Balaban J connectivity index is 2.23. The Bertz CT molecular complexity index is 547. The molecule has 0 saturated carbocycles. The molecule has 0 fully saturated rings. The van der Waals surface area contributed by atoms with E-state index in [0.29, 0.717) is 11.6 Å². The third-order valence-corrected chi connectivity index (χ3v) is 2.96. The molecule has 94 valence electrons. The van der Waals surface area contributed by atoms with Crippen LogP contribution in [0, 0.1) is 6.92 Å². The molecule has 0 atom stereocenters. The summed E-state index contributed by atoms with van der Waals surface area (Å²) in [5.41, 5.74) is 9.05. The number of rotatable bonds is 3. The van der Waals surface area contributed by atoms with E-state index in [1.165, 1.54) is 11.1 Å². The van der Waals surface area contributed by atoms with E-state index in [0.717, 1.165) is 11.5 Å². The zero-order valence-electron chi connectivity index (χ0n) is 11.1. The van der Waals surface area contributed by atoms with Gasteiger partial charge in [0.05, 0.1) is 0 Å². The quantitative estimate of drug-likeness (QED) is 0.803. The molecule has 0 aromatic heterocycles. The van der Waals surface area contributed by atoms with Crippen LogP contribution in [0.5, 0.6) is 11.5 Å². The summed E-state index contributed by atoms with van der Waals surface area (Å²) in [4.78, 5) is 0. The lowest BCUT2D eigenvalue weighted by Gasteiger charge is -2.12. The summed E-state index contributed by atoms with van der Waals surface area (Å²) in [6, 6.07) is 13.7. The van der Waals surface area contributed by atoms with Crippen LogP contribution >= 0.6 is 0 Å². The maximum absolute atomic E-state index is 5.79. The van der Waals surface area contributed by atoms with Crippen LogP contribution in [0.2, 0.25) is 0 Å². The van der Waals surface area contributed by atoms with Gasteiger partial charge in [-0.3, -0.25) is 0 Å². The van der Waals surface area contributed by atoms with Crippen molar-refractivity contribution < 1.29 is 4.74 Å². The first-order valence-electron chi connectivity index (χ1n) is 6.20. The van der Waals surface area contributed by atoms with Crippen molar-refractivity contribution in [3.63, 3.8) is 0 Å². The SMILES string of the molecule is Cc1cc(Oc2cccc(N)c2)ccc1C(C)C. The summed E-state index contributed by atoms with van der Waals surface area (Å²) in [7, 11) is 0. The van der Waals surface area contributed by atoms with Crippen LogP contribution < -0.4 is 10.5 Å². The maximum atomic E-state index is 5.79. The van der Waals surface area contributed by atoms with Crippen molar-refractivity contribution in [1.82, 2.24) is 0 Å². The molecule has 2 rings (SSSR count). The molecule has 0 radical (unpaired) electrons. The van der Waals surface area contributed by atoms with Crippen molar-refractivity contribution in [3.05, 3.63) is 53.6 Å². The Labute approximate surface area is 108 Å². The minimum atomic E-state index is 0.534. The van der Waals surface area contributed by atoms with Gasteiger partial charge in [-0.2, -0.15) is 0 Å². The predicted molar refractivity (Wildman–Crippen MR) is 76.2 cm³/mol. The van der Waals surface area contributed by atoms with Gasteiger partial charge in [0.1, 0.15) is 11.5 Å². The first-order valence-corrected chi connectivity index (χ1v) is 6.20. The predicted octanol–water partition coefficient (Wildman–Crippen LogP) is 4.49. The molecular weight excluding hydrogens is 222 g/mol. The van der Waals surface area contributed by atoms with Crippen LogP contribution in [-0.2, 0) is 0 Å². The van der Waals surface area contributed by atoms with E-state index in [1.807, 2.05) is 30.3 Å². The maximum Gasteiger partial charge on any atom is 0.129 e. The van der Waals surface area contributed by atoms with Gasteiger partial charge in [0.15, 0.2) is 0 Å². The molecule has 0 heterocycles. The molecule has 0 spiro atoms. The highest BCUT2D eigenvalue weighted by Gasteiger charge is 2.05. The molecule has 2 heteroatoms. The summed E-state index contributed by atoms with van der Waals surface area (Å²) in [5.74, 6) is 2.15. The minimum absolute atomic E-state index is 0.534. The van der Waals surface area contributed by atoms with Gasteiger partial charge in [-0.25, -0.2) is 0 Å². The number of aryl methyl sites for hydroxylation is 1. The third-order valence-electron chi connectivity index (χ3n) is 2.96. The van der Waals surface area contributed by atoms with Crippen LogP contribution in [0.4, 0.5) is 5.69 Å². The number of nitrogen functional groups attached to an aromatic ring is 1. The number of benzene rings is 2. The second-order valence-electron chi connectivity index (χ2n) is 4.85. The molecule has 0 unspecified atom stereocenters. The molecule has 2 aromatic rings. The Hall–Kier alpha value is -1.96. The fraction of sp³-hybridized carbons (Fsp3) is 0.250. The van der Waals surface area contributed by atoms with E-state index in [1.54, 1.807) is 0 Å². The zero-order valence-corrected chi connectivity index (χ0v) is 11.1. The molecule has 0 amide bonds. The standard InChI is InChI=1S/C16H19NO/c1-11(2)16-8-7-15(9-12(16)3)18-14-6-4-5-13(17)10-14/h4-11H,17H2,1-3H3. The van der Waals surface area contributed by atoms with E-state index in [9.17, 15) is 0 Å². The molecular formula is C16H19NO. The van der Waals surface area contributed by atoms with Gasteiger partial charge in [-0.1, -0.05) is 26.0 Å². The van der Waals surface area contributed by atoms with Crippen molar-refractivity contribution >= 4 is 5.69 Å². The Kier molecular flexibility index (Phi) is 3.56. The second-order valence-corrected chi connectivity index (χ2v) is 4.85. The van der Waals surface area contributed by atoms with Crippen molar-refractivity contribution in [1.29, 1.82) is 0 Å². The van der Waals surface area contributed by atoms with Crippen LogP contribution in [-0.4, -0.2) is 0 Å². The van der Waals surface area contributed by atoms with Gasteiger partial charge in [0, 0.05) is 11.8 Å². The lowest BCUT2D eigenvalue weighted by Crippen LogP contribution is -1.93. The normalized spacial score (nSPS) is 10.7. The van der Waals surface area contributed by atoms with E-state index in [2.05, 4.69) is 32.9 Å². The number of nitrogens with two attached hydrogens (primary N) is 1. The van der Waals surface area contributed by atoms with Crippen molar-refractivity contribution in [2.24, 2.45) is 0 Å². The number of anilines is 1. The molecule has 0 aliphatic rings. The molecule has 18 heavy (non-hydrogen) atoms. The molecule has 0 aliphatic carbocycles. The summed E-state index contributed by atoms with van der Waals surface area (Å²) in [6.07, 6.45) is 0. The Morgan fingerprint density at radius 2 is 1.72 bits per heavy atom. The first kappa shape index (κ1) is 12.5. The zero-order chi connectivity index (χ0) is 13.1. The second kappa shape index (κ2) is 5.13. The van der Waals surface area contributed by atoms with Crippen molar-refractivity contribution in [3.8, 4) is 11.5 Å². The van der Waals surface area contributed by atoms with Crippen LogP contribution in [0.3, 0.4) is 0 Å². The van der Waals surface area contributed by atoms with Crippen molar-refractivity contribution in [2.75, 3.05) is 5.73 Å². The van der Waals surface area contributed by atoms with Gasteiger partial charge in [0.25, 0.3) is 0 Å². The van der Waals surface area contributed by atoms with Crippen LogP contribution in [0.1, 0.15) is 30.9 Å². The molecule has 2 aromatic carbocycles. The highest BCUT2D eigenvalue weighted by molar-refractivity contribution is 5.46. The number of hydrogen-bond donors (Lipinski definition) is 1. The minimum Gasteiger partial charge on any atom is -0.457 e. The summed E-state index contributed by atoms with van der Waals surface area (Å²) < 4.78 is 5.79. The lowest BCUT2D eigenvalue weighted by molar-refractivity contribution is 0.482. The largest absolute Gasteiger partial charge is 0.457 e. The van der Waals surface area contributed by atoms with Gasteiger partial charge in [0.2, 0.25) is 0 Å². The van der Waals surface area contributed by atoms with Gasteiger partial charge >= 0.3 is 0 Å². The van der Waals surface area contributed by atoms with Gasteiger partial charge in [-0.15, -0.1) is 0 Å². The third kappa shape index (κ3) is 2.83. The smallest absolute Gasteiger partial charge is 0.129 e. The summed E-state index contributed by atoms with van der Waals surface area (Å²) in [5, 5.41) is 0. The van der Waals surface area contributed by atoms with Gasteiger partial charge < -0.3 is 10.5 Å². The molecule has 0 bridgehead atoms. The van der Waals surface area contributed by atoms with E-state index < -0.39 is 0 Å². The van der Waals surface area contributed by atoms with E-state index in [-0.39, 0.29) is 0 Å². The van der Waals surface area contributed by atoms with Crippen LogP contribution in [0.15, 0.2) is 42.5 Å². The summed E-state index contributed by atoms with van der Waals surface area (Å²) >= 11 is 0. The summed E-state index contributed by atoms with van der Waals surface area (Å²) in [6.45, 7) is 6.50. The average Bonchev–Trinajstić information content (AvgIpc) is 2.28. The molecule has 0 saturated heterocycles. The highest BCUT2D eigenvalue weighted by Crippen LogP contribution is 2.27. The Morgan fingerprint density at radius 3 is 2.33 bits per heavy atom. The first-order chi connectivity index (χ1) is 8.56. The number of hydrogen-bond acceptors (Lipinski definition) is 2. The lowest BCUT2D eigenvalue weighted by atomic mass is 9.98. The van der Waals surface area contributed by atoms with E-state index >= 15 is 0 Å². The molecule has 2 nitrogen and oxygen atoms in total. The average molecular weight is 241 g/mol. The van der Waals surface area contributed by atoms with Crippen LogP contribution in [0.25, 0.3) is 0 Å². The highest BCUT2D eigenvalue weighted by atomic mass is 16.5. The molecule has 0 aliphatic heterocycles.